The molecule has 1 atom stereocenters. The number of rotatable bonds is 7. The van der Waals surface area contributed by atoms with E-state index in [4.69, 9.17) is 19.0 Å². The molecular weight excluding hydrogens is 432 g/mol. The van der Waals surface area contributed by atoms with Crippen molar-refractivity contribution < 1.29 is 23.8 Å². The summed E-state index contributed by atoms with van der Waals surface area (Å²) in [6.07, 6.45) is -0.590. The van der Waals surface area contributed by atoms with Crippen molar-refractivity contribution in [2.24, 2.45) is 0 Å². The Hall–Kier alpha value is -4.34. The minimum Gasteiger partial charge on any atom is -0.481 e. The van der Waals surface area contributed by atoms with Crippen molar-refractivity contribution in [3.63, 3.8) is 0 Å². The average molecular weight is 454 g/mol. The van der Waals surface area contributed by atoms with Gasteiger partial charge in [-0.3, -0.25) is 4.79 Å². The van der Waals surface area contributed by atoms with E-state index in [2.05, 4.69) is 11.8 Å². The lowest BCUT2D eigenvalue weighted by Crippen LogP contribution is -2.24. The SMILES string of the molecule is CO[C@@H](Cc1ccc(C#CCOc2ccc3c(=O)cc(-c4ccccc4)oc3c2)cc1)C(=O)O. The Labute approximate surface area is 196 Å². The molecule has 3 aromatic carbocycles. The highest BCUT2D eigenvalue weighted by molar-refractivity contribution is 5.80. The molecule has 1 heterocycles. The van der Waals surface area contributed by atoms with Crippen molar-refractivity contribution >= 4 is 16.9 Å². The van der Waals surface area contributed by atoms with E-state index in [9.17, 15) is 9.59 Å². The van der Waals surface area contributed by atoms with Crippen LogP contribution in [0.15, 0.2) is 88.1 Å². The van der Waals surface area contributed by atoms with E-state index in [1.807, 2.05) is 54.6 Å². The van der Waals surface area contributed by atoms with Crippen LogP contribution in [0.3, 0.4) is 0 Å². The summed E-state index contributed by atoms with van der Waals surface area (Å²) >= 11 is 0. The highest BCUT2D eigenvalue weighted by Crippen LogP contribution is 2.24. The van der Waals surface area contributed by atoms with Gasteiger partial charge in [0.2, 0.25) is 0 Å². The maximum absolute atomic E-state index is 12.5. The van der Waals surface area contributed by atoms with Crippen molar-refractivity contribution in [1.82, 2.24) is 0 Å². The summed E-state index contributed by atoms with van der Waals surface area (Å²) in [6, 6.07) is 23.3. The summed E-state index contributed by atoms with van der Waals surface area (Å²) in [5.74, 6) is 6.02. The first-order chi connectivity index (χ1) is 16.5. The molecule has 0 saturated carbocycles. The van der Waals surface area contributed by atoms with E-state index >= 15 is 0 Å². The Morgan fingerprint density at radius 1 is 1.03 bits per heavy atom. The molecule has 0 amide bonds. The topological polar surface area (TPSA) is 86.0 Å². The van der Waals surface area contributed by atoms with Gasteiger partial charge in [-0.1, -0.05) is 54.3 Å². The monoisotopic (exact) mass is 454 g/mol. The molecule has 0 saturated heterocycles. The molecule has 1 aromatic heterocycles. The second-order valence-corrected chi connectivity index (χ2v) is 7.55. The Morgan fingerprint density at radius 2 is 1.79 bits per heavy atom. The van der Waals surface area contributed by atoms with Gasteiger partial charge in [-0.25, -0.2) is 4.79 Å². The van der Waals surface area contributed by atoms with Gasteiger partial charge in [0.15, 0.2) is 11.5 Å². The lowest BCUT2D eigenvalue weighted by atomic mass is 10.1. The molecule has 4 rings (SSSR count). The molecule has 0 radical (unpaired) electrons. The van der Waals surface area contributed by atoms with E-state index in [-0.39, 0.29) is 18.5 Å². The number of ether oxygens (including phenoxy) is 2. The van der Waals surface area contributed by atoms with Crippen LogP contribution in [0.5, 0.6) is 5.75 Å². The quantitative estimate of drug-likeness (QED) is 0.413. The first kappa shape index (κ1) is 22.8. The van der Waals surface area contributed by atoms with Crippen molar-refractivity contribution in [2.75, 3.05) is 13.7 Å². The third-order valence-corrected chi connectivity index (χ3v) is 5.24. The number of fused-ring (bicyclic) bond motifs is 1. The smallest absolute Gasteiger partial charge is 0.333 e. The third-order valence-electron chi connectivity index (χ3n) is 5.24. The van der Waals surface area contributed by atoms with Gasteiger partial charge in [-0.05, 0) is 29.8 Å². The zero-order chi connectivity index (χ0) is 23.9. The van der Waals surface area contributed by atoms with Crippen LogP contribution in [0.25, 0.3) is 22.3 Å². The number of carbonyl (C=O) groups is 1. The normalized spacial score (nSPS) is 11.4. The molecule has 6 nitrogen and oxygen atoms in total. The average Bonchev–Trinajstić information content (AvgIpc) is 2.86. The second kappa shape index (κ2) is 10.5. The largest absolute Gasteiger partial charge is 0.481 e. The van der Waals surface area contributed by atoms with Gasteiger partial charge in [0.1, 0.15) is 23.7 Å². The molecule has 34 heavy (non-hydrogen) atoms. The van der Waals surface area contributed by atoms with E-state index in [1.165, 1.54) is 13.2 Å². The number of carboxylic acids is 1. The highest BCUT2D eigenvalue weighted by atomic mass is 16.5. The first-order valence-corrected chi connectivity index (χ1v) is 10.6. The maximum Gasteiger partial charge on any atom is 0.333 e. The van der Waals surface area contributed by atoms with Crippen LogP contribution in [-0.2, 0) is 16.0 Å². The molecule has 170 valence electrons. The molecule has 0 fully saturated rings. The van der Waals surface area contributed by atoms with Crippen LogP contribution in [-0.4, -0.2) is 30.9 Å². The van der Waals surface area contributed by atoms with Gasteiger partial charge in [0, 0.05) is 36.8 Å². The number of carboxylic acid groups (broad SMARTS) is 1. The van der Waals surface area contributed by atoms with Crippen molar-refractivity contribution in [2.45, 2.75) is 12.5 Å². The summed E-state index contributed by atoms with van der Waals surface area (Å²) in [7, 11) is 1.38. The maximum atomic E-state index is 12.5. The Kier molecular flexibility index (Phi) is 7.07. The van der Waals surface area contributed by atoms with E-state index < -0.39 is 12.1 Å². The fourth-order valence-corrected chi connectivity index (χ4v) is 3.44. The summed E-state index contributed by atoms with van der Waals surface area (Å²) in [4.78, 5) is 23.6. The van der Waals surface area contributed by atoms with E-state index in [0.29, 0.717) is 22.5 Å². The molecule has 0 bridgehead atoms. The predicted molar refractivity (Wildman–Crippen MR) is 129 cm³/mol. The lowest BCUT2D eigenvalue weighted by molar-refractivity contribution is -0.148. The zero-order valence-electron chi connectivity index (χ0n) is 18.5. The van der Waals surface area contributed by atoms with Crippen LogP contribution < -0.4 is 10.2 Å². The fourth-order valence-electron chi connectivity index (χ4n) is 3.44. The summed E-state index contributed by atoms with van der Waals surface area (Å²) in [6.45, 7) is 0.153. The minimum absolute atomic E-state index is 0.116. The standard InChI is InChI=1S/C28H22O6/c1-32-27(28(30)31)16-20-11-9-19(10-12-20)6-5-15-33-22-13-14-23-24(29)18-25(34-26(23)17-22)21-7-3-2-4-8-21/h2-4,7-14,17-18,27H,15-16H2,1H3,(H,30,31)/t27-/m0/s1. The molecule has 0 aliphatic rings. The van der Waals surface area contributed by atoms with Gasteiger partial charge in [-0.2, -0.15) is 0 Å². The van der Waals surface area contributed by atoms with Crippen molar-refractivity contribution in [1.29, 1.82) is 0 Å². The van der Waals surface area contributed by atoms with Crippen LogP contribution in [0.1, 0.15) is 11.1 Å². The van der Waals surface area contributed by atoms with Crippen LogP contribution in [0.4, 0.5) is 0 Å². The lowest BCUT2D eigenvalue weighted by Gasteiger charge is -2.10. The van der Waals surface area contributed by atoms with Gasteiger partial charge >= 0.3 is 5.97 Å². The second-order valence-electron chi connectivity index (χ2n) is 7.55. The van der Waals surface area contributed by atoms with Gasteiger partial charge in [-0.15, -0.1) is 0 Å². The highest BCUT2D eigenvalue weighted by Gasteiger charge is 2.16. The molecule has 0 aliphatic carbocycles. The molecular formula is C28H22O6. The van der Waals surface area contributed by atoms with Crippen molar-refractivity contribution in [3.05, 3.63) is 100 Å². The number of methoxy groups -OCH3 is 1. The van der Waals surface area contributed by atoms with E-state index in [1.54, 1.807) is 18.2 Å². The number of benzene rings is 3. The fraction of sp³-hybridized carbons (Fsp3) is 0.143. The van der Waals surface area contributed by atoms with Gasteiger partial charge in [0.05, 0.1) is 5.39 Å². The number of aliphatic carboxylic acids is 1. The van der Waals surface area contributed by atoms with Crippen LogP contribution in [0, 0.1) is 11.8 Å². The van der Waals surface area contributed by atoms with E-state index in [0.717, 1.165) is 16.7 Å². The molecule has 0 spiro atoms. The predicted octanol–water partition coefficient (Wildman–Crippen LogP) is 4.53. The van der Waals surface area contributed by atoms with Gasteiger partial charge < -0.3 is 19.0 Å². The van der Waals surface area contributed by atoms with Crippen LogP contribution >= 0.6 is 0 Å². The van der Waals surface area contributed by atoms with Crippen LogP contribution in [0.2, 0.25) is 0 Å². The minimum atomic E-state index is -0.993. The van der Waals surface area contributed by atoms with Crippen molar-refractivity contribution in [3.8, 4) is 28.9 Å². The summed E-state index contributed by atoms with van der Waals surface area (Å²) < 4.78 is 16.6. The molecule has 0 unspecified atom stereocenters. The summed E-state index contributed by atoms with van der Waals surface area (Å²) in [5.41, 5.74) is 2.79. The molecule has 4 aromatic rings. The Morgan fingerprint density at radius 3 is 2.50 bits per heavy atom. The first-order valence-electron chi connectivity index (χ1n) is 10.6. The Bertz CT molecular complexity index is 1410. The number of hydrogen-bond donors (Lipinski definition) is 1. The Balaban J connectivity index is 1.42. The summed E-state index contributed by atoms with van der Waals surface area (Å²) in [5, 5.41) is 9.56. The zero-order valence-corrected chi connectivity index (χ0v) is 18.5. The van der Waals surface area contributed by atoms with Gasteiger partial charge in [0.25, 0.3) is 0 Å². The third kappa shape index (κ3) is 5.52. The molecule has 0 aliphatic heterocycles. The molecule has 1 N–H and O–H groups in total. The molecule has 6 heteroatoms. The number of hydrogen-bond acceptors (Lipinski definition) is 5.